The molecule has 2 rings (SSSR count). The Labute approximate surface area is 136 Å². The number of nitrogens with zero attached hydrogens (tertiary/aromatic N) is 2. The van der Waals surface area contributed by atoms with Crippen LogP contribution in [-0.2, 0) is 11.3 Å². The molecule has 0 spiro atoms. The normalized spacial score (nSPS) is 16.6. The first kappa shape index (κ1) is 17.3. The van der Waals surface area contributed by atoms with Crippen LogP contribution in [0.1, 0.15) is 43.0 Å². The molecule has 3 N–H and O–H groups in total. The highest BCUT2D eigenvalue weighted by Crippen LogP contribution is 2.14. The number of carbonyl (C=O) groups is 1. The number of furan rings is 1. The lowest BCUT2D eigenvalue weighted by Gasteiger charge is -2.34. The summed E-state index contributed by atoms with van der Waals surface area (Å²) in [5.74, 6) is 1.08. The van der Waals surface area contributed by atoms with Crippen LogP contribution >= 0.6 is 0 Å². The molecule has 7 heteroatoms. The molecule has 1 aliphatic heterocycles. The topological polar surface area (TPSA) is 93.1 Å². The van der Waals surface area contributed by atoms with Crippen LogP contribution in [0.25, 0.3) is 0 Å². The van der Waals surface area contributed by atoms with Gasteiger partial charge in [-0.15, -0.1) is 0 Å². The second kappa shape index (κ2) is 8.57. The van der Waals surface area contributed by atoms with Crippen molar-refractivity contribution in [1.29, 1.82) is 0 Å². The second-order valence-corrected chi connectivity index (χ2v) is 5.44. The van der Waals surface area contributed by atoms with Gasteiger partial charge in [-0.2, -0.15) is 0 Å². The summed E-state index contributed by atoms with van der Waals surface area (Å²) in [6.45, 7) is 7.85. The minimum absolute atomic E-state index is 0.165. The third kappa shape index (κ3) is 4.99. The molecule has 7 nitrogen and oxygen atoms in total. The molecule has 0 aliphatic carbocycles. The van der Waals surface area contributed by atoms with Crippen LogP contribution in [0.2, 0.25) is 0 Å². The molecule has 1 aliphatic rings. The molecular weight excluding hydrogens is 296 g/mol. The van der Waals surface area contributed by atoms with Gasteiger partial charge in [0.2, 0.25) is 0 Å². The number of hydrogen-bond donors (Lipinski definition) is 2. The first-order chi connectivity index (χ1) is 11.1. The number of carbonyl (C=O) groups excluding carboxylic acids is 1. The molecule has 0 saturated carbocycles. The Kier molecular flexibility index (Phi) is 6.46. The number of hydrogen-bond acceptors (Lipinski definition) is 4. The van der Waals surface area contributed by atoms with Crippen molar-refractivity contribution in [1.82, 2.24) is 10.2 Å². The predicted octanol–water partition coefficient (Wildman–Crippen LogP) is 1.34. The zero-order valence-electron chi connectivity index (χ0n) is 13.9. The molecule has 1 amide bonds. The number of rotatable bonds is 6. The van der Waals surface area contributed by atoms with Crippen LogP contribution in [0.4, 0.5) is 0 Å². The first-order valence-corrected chi connectivity index (χ1v) is 8.17. The van der Waals surface area contributed by atoms with Crippen molar-refractivity contribution in [2.75, 3.05) is 26.2 Å². The number of ether oxygens (including phenoxy) is 1. The van der Waals surface area contributed by atoms with E-state index in [9.17, 15) is 4.79 Å². The highest BCUT2D eigenvalue weighted by molar-refractivity contribution is 5.89. The van der Waals surface area contributed by atoms with Gasteiger partial charge in [-0.1, -0.05) is 0 Å². The van der Waals surface area contributed by atoms with Gasteiger partial charge < -0.3 is 25.1 Å². The Balaban J connectivity index is 1.95. The first-order valence-electron chi connectivity index (χ1n) is 8.17. The number of nitrogens with two attached hydrogens (primary N) is 1. The van der Waals surface area contributed by atoms with E-state index in [0.717, 1.165) is 45.0 Å². The standard InChI is InChI=1S/C16H26N4O3/c1-3-18-16(20-9-7-12(8-10-20)22-4-2)19-11-13-5-6-14(23-13)15(17)21/h5-6,12H,3-4,7-11H2,1-2H3,(H2,17,21)(H,18,19). The molecule has 1 aromatic rings. The molecule has 1 saturated heterocycles. The third-order valence-corrected chi connectivity index (χ3v) is 3.77. The molecule has 0 bridgehead atoms. The largest absolute Gasteiger partial charge is 0.454 e. The van der Waals surface area contributed by atoms with Gasteiger partial charge in [0, 0.05) is 26.2 Å². The number of nitrogens with one attached hydrogen (secondary N) is 1. The number of primary amides is 1. The summed E-state index contributed by atoms with van der Waals surface area (Å²) < 4.78 is 11.0. The maximum absolute atomic E-state index is 11.0. The molecule has 128 valence electrons. The Morgan fingerprint density at radius 3 is 2.74 bits per heavy atom. The van der Waals surface area contributed by atoms with Gasteiger partial charge in [0.25, 0.3) is 5.91 Å². The summed E-state index contributed by atoms with van der Waals surface area (Å²) in [5, 5.41) is 3.30. The lowest BCUT2D eigenvalue weighted by Crippen LogP contribution is -2.47. The maximum Gasteiger partial charge on any atom is 0.284 e. The minimum Gasteiger partial charge on any atom is -0.454 e. The highest BCUT2D eigenvalue weighted by Gasteiger charge is 2.21. The summed E-state index contributed by atoms with van der Waals surface area (Å²) in [6.07, 6.45) is 2.36. The van der Waals surface area contributed by atoms with E-state index in [4.69, 9.17) is 14.9 Å². The SMILES string of the molecule is CCNC(=NCc1ccc(C(N)=O)o1)N1CCC(OCC)CC1. The molecule has 23 heavy (non-hydrogen) atoms. The monoisotopic (exact) mass is 322 g/mol. The van der Waals surface area contributed by atoms with Crippen LogP contribution in [0.3, 0.4) is 0 Å². The highest BCUT2D eigenvalue weighted by atomic mass is 16.5. The Hall–Kier alpha value is -2.02. The van der Waals surface area contributed by atoms with Crippen LogP contribution in [0, 0.1) is 0 Å². The van der Waals surface area contributed by atoms with Crippen molar-refractivity contribution < 1.29 is 13.9 Å². The summed E-state index contributed by atoms with van der Waals surface area (Å²) >= 11 is 0. The molecule has 2 heterocycles. The molecule has 0 atom stereocenters. The predicted molar refractivity (Wildman–Crippen MR) is 88.3 cm³/mol. The number of amides is 1. The molecule has 0 radical (unpaired) electrons. The summed E-state index contributed by atoms with van der Waals surface area (Å²) in [7, 11) is 0. The van der Waals surface area contributed by atoms with Crippen molar-refractivity contribution in [3.05, 3.63) is 23.7 Å². The lowest BCUT2D eigenvalue weighted by molar-refractivity contribution is 0.0263. The van der Waals surface area contributed by atoms with E-state index < -0.39 is 5.91 Å². The van der Waals surface area contributed by atoms with Gasteiger partial charge in [-0.25, -0.2) is 4.99 Å². The van der Waals surface area contributed by atoms with Crippen LogP contribution in [0.15, 0.2) is 21.5 Å². The van der Waals surface area contributed by atoms with E-state index in [0.29, 0.717) is 18.4 Å². The molecule has 1 fully saturated rings. The smallest absolute Gasteiger partial charge is 0.284 e. The van der Waals surface area contributed by atoms with Crippen LogP contribution in [0.5, 0.6) is 0 Å². The van der Waals surface area contributed by atoms with Gasteiger partial charge in [0.05, 0.1) is 6.10 Å². The Bertz CT molecular complexity index is 533. The average molecular weight is 322 g/mol. The third-order valence-electron chi connectivity index (χ3n) is 3.77. The van der Waals surface area contributed by atoms with E-state index in [2.05, 4.69) is 15.2 Å². The van der Waals surface area contributed by atoms with Crippen LogP contribution < -0.4 is 11.1 Å². The van der Waals surface area contributed by atoms with E-state index in [1.54, 1.807) is 12.1 Å². The summed E-state index contributed by atoms with van der Waals surface area (Å²) in [5.41, 5.74) is 5.18. The fraction of sp³-hybridized carbons (Fsp3) is 0.625. The van der Waals surface area contributed by atoms with E-state index >= 15 is 0 Å². The minimum atomic E-state index is -0.565. The zero-order chi connectivity index (χ0) is 16.7. The number of piperidine rings is 1. The molecule has 0 aromatic carbocycles. The van der Waals surface area contributed by atoms with E-state index in [-0.39, 0.29) is 5.76 Å². The fourth-order valence-corrected chi connectivity index (χ4v) is 2.64. The maximum atomic E-state index is 11.0. The van der Waals surface area contributed by atoms with Gasteiger partial charge in [-0.3, -0.25) is 4.79 Å². The van der Waals surface area contributed by atoms with Gasteiger partial charge in [-0.05, 0) is 38.8 Å². The quantitative estimate of drug-likeness (QED) is 0.609. The van der Waals surface area contributed by atoms with E-state index in [1.165, 1.54) is 0 Å². The van der Waals surface area contributed by atoms with Crippen molar-refractivity contribution >= 4 is 11.9 Å². The van der Waals surface area contributed by atoms with Gasteiger partial charge in [0.1, 0.15) is 12.3 Å². The second-order valence-electron chi connectivity index (χ2n) is 5.44. The zero-order valence-corrected chi connectivity index (χ0v) is 13.9. The van der Waals surface area contributed by atoms with Crippen molar-refractivity contribution in [2.24, 2.45) is 10.7 Å². The number of guanidine groups is 1. The van der Waals surface area contributed by atoms with Gasteiger partial charge >= 0.3 is 0 Å². The summed E-state index contributed by atoms with van der Waals surface area (Å²) in [4.78, 5) is 17.9. The Morgan fingerprint density at radius 2 is 2.17 bits per heavy atom. The van der Waals surface area contributed by atoms with Crippen molar-refractivity contribution in [2.45, 2.75) is 39.3 Å². The van der Waals surface area contributed by atoms with Crippen molar-refractivity contribution in [3.8, 4) is 0 Å². The summed E-state index contributed by atoms with van der Waals surface area (Å²) in [6, 6.07) is 3.31. The number of aliphatic imine (C=N–C) groups is 1. The molecule has 1 aromatic heterocycles. The van der Waals surface area contributed by atoms with E-state index in [1.807, 2.05) is 13.8 Å². The average Bonchev–Trinajstić information content (AvgIpc) is 3.02. The van der Waals surface area contributed by atoms with Gasteiger partial charge in [0.15, 0.2) is 11.7 Å². The molecule has 0 unspecified atom stereocenters. The Morgan fingerprint density at radius 1 is 1.43 bits per heavy atom. The number of likely N-dealkylation sites (tertiary alicyclic amines) is 1. The fourth-order valence-electron chi connectivity index (χ4n) is 2.64. The van der Waals surface area contributed by atoms with Crippen molar-refractivity contribution in [3.63, 3.8) is 0 Å². The molecular formula is C16H26N4O3. The lowest BCUT2D eigenvalue weighted by atomic mass is 10.1. The van der Waals surface area contributed by atoms with Crippen LogP contribution in [-0.4, -0.2) is 49.1 Å².